The van der Waals surface area contributed by atoms with E-state index in [2.05, 4.69) is 4.98 Å². The number of benzene rings is 2. The minimum Gasteiger partial charge on any atom is -0.395 e. The third-order valence-corrected chi connectivity index (χ3v) is 4.07. The van der Waals surface area contributed by atoms with E-state index < -0.39 is 5.82 Å². The summed E-state index contributed by atoms with van der Waals surface area (Å²) in [5.41, 5.74) is 6.43. The molecule has 0 aliphatic heterocycles. The standard InChI is InChI=1S/C13H7ClF2N2S/c14-8-3-6(4-9(16)12(8)17)13-18-10-5-7(15)1-2-11(10)19-13/h1-5H,17H2. The summed E-state index contributed by atoms with van der Waals surface area (Å²) in [6.07, 6.45) is 0. The van der Waals surface area contributed by atoms with Crippen LogP contribution in [0, 0.1) is 11.6 Å². The second-order valence-corrected chi connectivity index (χ2v) is 5.42. The fourth-order valence-corrected chi connectivity index (χ4v) is 2.87. The molecule has 0 saturated carbocycles. The van der Waals surface area contributed by atoms with Crippen molar-refractivity contribution in [3.8, 4) is 10.6 Å². The van der Waals surface area contributed by atoms with Crippen molar-refractivity contribution in [3.05, 3.63) is 47.0 Å². The number of hydrogen-bond donors (Lipinski definition) is 1. The van der Waals surface area contributed by atoms with Gasteiger partial charge in [0.1, 0.15) is 16.6 Å². The predicted octanol–water partition coefficient (Wildman–Crippen LogP) is 4.48. The van der Waals surface area contributed by atoms with Crippen LogP contribution in [-0.2, 0) is 0 Å². The van der Waals surface area contributed by atoms with Crippen LogP contribution >= 0.6 is 22.9 Å². The van der Waals surface area contributed by atoms with E-state index in [4.69, 9.17) is 17.3 Å². The lowest BCUT2D eigenvalue weighted by Crippen LogP contribution is -1.92. The Bertz CT molecular complexity index is 762. The van der Waals surface area contributed by atoms with E-state index in [1.54, 1.807) is 12.1 Å². The highest BCUT2D eigenvalue weighted by atomic mass is 35.5. The van der Waals surface area contributed by atoms with E-state index in [1.807, 2.05) is 0 Å². The average molecular weight is 297 g/mol. The van der Waals surface area contributed by atoms with Crippen molar-refractivity contribution in [1.29, 1.82) is 0 Å². The SMILES string of the molecule is Nc1c(F)cc(-c2nc3cc(F)ccc3s2)cc1Cl. The van der Waals surface area contributed by atoms with Crippen molar-refractivity contribution in [2.75, 3.05) is 5.73 Å². The number of nitrogen functional groups attached to an aromatic ring is 1. The van der Waals surface area contributed by atoms with Gasteiger partial charge in [-0.2, -0.15) is 0 Å². The normalized spacial score (nSPS) is 11.1. The summed E-state index contributed by atoms with van der Waals surface area (Å²) in [6, 6.07) is 7.16. The molecule has 0 bridgehead atoms. The molecule has 0 atom stereocenters. The highest BCUT2D eigenvalue weighted by Gasteiger charge is 2.12. The second-order valence-electron chi connectivity index (χ2n) is 3.98. The molecule has 0 spiro atoms. The van der Waals surface area contributed by atoms with Crippen LogP contribution in [0.3, 0.4) is 0 Å². The van der Waals surface area contributed by atoms with E-state index >= 15 is 0 Å². The van der Waals surface area contributed by atoms with Crippen LogP contribution in [0.15, 0.2) is 30.3 Å². The molecule has 2 aromatic carbocycles. The first-order valence-corrected chi connectivity index (χ1v) is 6.55. The molecule has 96 valence electrons. The minimum absolute atomic E-state index is 0.0856. The number of thiazole rings is 1. The first-order valence-electron chi connectivity index (χ1n) is 5.35. The second kappa shape index (κ2) is 4.43. The lowest BCUT2D eigenvalue weighted by Gasteiger charge is -2.02. The van der Waals surface area contributed by atoms with Crippen LogP contribution in [0.2, 0.25) is 5.02 Å². The van der Waals surface area contributed by atoms with Crippen LogP contribution in [0.4, 0.5) is 14.5 Å². The Labute approximate surface area is 116 Å². The molecule has 0 radical (unpaired) electrons. The average Bonchev–Trinajstić information content (AvgIpc) is 2.78. The topological polar surface area (TPSA) is 38.9 Å². The van der Waals surface area contributed by atoms with E-state index in [0.717, 1.165) is 4.70 Å². The van der Waals surface area contributed by atoms with Gasteiger partial charge in [0.2, 0.25) is 0 Å². The van der Waals surface area contributed by atoms with Gasteiger partial charge >= 0.3 is 0 Å². The van der Waals surface area contributed by atoms with Crippen molar-refractivity contribution in [3.63, 3.8) is 0 Å². The predicted molar refractivity (Wildman–Crippen MR) is 74.4 cm³/mol. The summed E-state index contributed by atoms with van der Waals surface area (Å²) in [7, 11) is 0. The van der Waals surface area contributed by atoms with E-state index in [-0.39, 0.29) is 16.5 Å². The monoisotopic (exact) mass is 296 g/mol. The number of anilines is 1. The summed E-state index contributed by atoms with van der Waals surface area (Å²) in [5, 5.41) is 0.710. The molecule has 1 aromatic heterocycles. The maximum atomic E-state index is 13.6. The van der Waals surface area contributed by atoms with Gasteiger partial charge in [0.15, 0.2) is 0 Å². The molecule has 19 heavy (non-hydrogen) atoms. The zero-order chi connectivity index (χ0) is 13.6. The van der Waals surface area contributed by atoms with E-state index in [1.165, 1.54) is 29.5 Å². The molecule has 0 amide bonds. The molecule has 6 heteroatoms. The van der Waals surface area contributed by atoms with Crippen molar-refractivity contribution in [2.45, 2.75) is 0 Å². The maximum absolute atomic E-state index is 13.6. The molecule has 0 fully saturated rings. The van der Waals surface area contributed by atoms with E-state index in [0.29, 0.717) is 16.1 Å². The van der Waals surface area contributed by atoms with Crippen LogP contribution in [0.1, 0.15) is 0 Å². The van der Waals surface area contributed by atoms with Gasteiger partial charge in [0.25, 0.3) is 0 Å². The third-order valence-electron chi connectivity index (χ3n) is 2.68. The van der Waals surface area contributed by atoms with E-state index in [9.17, 15) is 8.78 Å². The number of halogens is 3. The molecule has 2 N–H and O–H groups in total. The van der Waals surface area contributed by atoms with Crippen LogP contribution in [0.5, 0.6) is 0 Å². The molecule has 1 heterocycles. The number of fused-ring (bicyclic) bond motifs is 1. The van der Waals surface area contributed by atoms with Crippen LogP contribution in [-0.4, -0.2) is 4.98 Å². The molecule has 3 aromatic rings. The fraction of sp³-hybridized carbons (Fsp3) is 0. The number of nitrogens with zero attached hydrogens (tertiary/aromatic N) is 1. The third kappa shape index (κ3) is 2.15. The van der Waals surface area contributed by atoms with Gasteiger partial charge in [-0.1, -0.05) is 11.6 Å². The van der Waals surface area contributed by atoms with Gasteiger partial charge in [0, 0.05) is 11.6 Å². The first kappa shape index (κ1) is 12.3. The largest absolute Gasteiger partial charge is 0.395 e. The minimum atomic E-state index is -0.590. The van der Waals surface area contributed by atoms with Crippen molar-refractivity contribution in [1.82, 2.24) is 4.98 Å². The molecule has 0 saturated heterocycles. The summed E-state index contributed by atoms with van der Waals surface area (Å²) in [6.45, 7) is 0. The van der Waals surface area contributed by atoms with Crippen molar-refractivity contribution < 1.29 is 8.78 Å². The summed E-state index contributed by atoms with van der Waals surface area (Å²) in [4.78, 5) is 4.27. The molecule has 3 rings (SSSR count). The van der Waals surface area contributed by atoms with Crippen LogP contribution in [0.25, 0.3) is 20.8 Å². The molecular weight excluding hydrogens is 290 g/mol. The Kier molecular flexibility index (Phi) is 2.88. The molecule has 0 unspecified atom stereocenters. The molecule has 0 aliphatic carbocycles. The molecular formula is C13H7ClF2N2S. The Hall–Kier alpha value is -1.72. The highest BCUT2D eigenvalue weighted by molar-refractivity contribution is 7.21. The highest BCUT2D eigenvalue weighted by Crippen LogP contribution is 2.34. The van der Waals surface area contributed by atoms with Gasteiger partial charge in [-0.05, 0) is 24.3 Å². The first-order chi connectivity index (χ1) is 9.04. The number of rotatable bonds is 1. The lowest BCUT2D eigenvalue weighted by molar-refractivity contribution is 0.629. The van der Waals surface area contributed by atoms with Crippen LogP contribution < -0.4 is 5.73 Å². The van der Waals surface area contributed by atoms with Gasteiger partial charge in [-0.25, -0.2) is 13.8 Å². The van der Waals surface area contributed by atoms with Gasteiger partial charge in [0.05, 0.1) is 20.9 Å². The maximum Gasteiger partial charge on any atom is 0.148 e. The Morgan fingerprint density at radius 1 is 1.16 bits per heavy atom. The van der Waals surface area contributed by atoms with Crippen molar-refractivity contribution >= 4 is 38.8 Å². The number of aromatic nitrogens is 1. The Morgan fingerprint density at radius 3 is 2.68 bits per heavy atom. The quantitative estimate of drug-likeness (QED) is 0.673. The summed E-state index contributed by atoms with van der Waals surface area (Å²) in [5.74, 6) is -0.946. The van der Waals surface area contributed by atoms with Gasteiger partial charge < -0.3 is 5.73 Å². The summed E-state index contributed by atoms with van der Waals surface area (Å²) < 4.78 is 27.5. The Balaban J connectivity index is 2.19. The molecule has 0 aliphatic rings. The Morgan fingerprint density at radius 2 is 1.95 bits per heavy atom. The molecule has 2 nitrogen and oxygen atoms in total. The zero-order valence-corrected chi connectivity index (χ0v) is 11.0. The summed E-state index contributed by atoms with van der Waals surface area (Å²) >= 11 is 7.18. The smallest absolute Gasteiger partial charge is 0.148 e. The van der Waals surface area contributed by atoms with Crippen molar-refractivity contribution in [2.24, 2.45) is 0 Å². The lowest BCUT2D eigenvalue weighted by atomic mass is 10.2. The number of nitrogens with two attached hydrogens (primary N) is 1. The van der Waals surface area contributed by atoms with Gasteiger partial charge in [-0.3, -0.25) is 0 Å². The zero-order valence-electron chi connectivity index (χ0n) is 9.45. The van der Waals surface area contributed by atoms with Gasteiger partial charge in [-0.15, -0.1) is 11.3 Å². The number of hydrogen-bond acceptors (Lipinski definition) is 3. The fourth-order valence-electron chi connectivity index (χ4n) is 1.73.